The van der Waals surface area contributed by atoms with Crippen molar-refractivity contribution >= 4 is 39.7 Å². The first-order valence-electron chi connectivity index (χ1n) is 16.9. The first kappa shape index (κ1) is 37.3. The second kappa shape index (κ2) is 15.9. The van der Waals surface area contributed by atoms with Gasteiger partial charge in [0.1, 0.15) is 5.82 Å². The van der Waals surface area contributed by atoms with E-state index in [-0.39, 0.29) is 25.9 Å². The number of hydrogen-bond acceptors (Lipinski definition) is 4. The molecule has 0 bridgehead atoms. The van der Waals surface area contributed by atoms with E-state index in [2.05, 4.69) is 91.5 Å². The Morgan fingerprint density at radius 3 is 2.26 bits per heavy atom. The van der Waals surface area contributed by atoms with Crippen molar-refractivity contribution in [1.29, 1.82) is 0 Å². The molecule has 4 heterocycles. The van der Waals surface area contributed by atoms with Crippen LogP contribution in [0.4, 0.5) is 4.39 Å². The standard InChI is InChI=1S/C25H18FN2O.C18H24GeN.Ir/c1-15(2)16-12-13-27-23(14-16)20-8-5-7-17-18-10-11-22(28-25(18)29-24(17)20)19-6-3-4-9-21(19)26;1-14(2)11-16-12-18(15-9-7-6-8-10-15)20-13-17(16)19(3,4)5;/h3-7,9-15H,1-2H3;6-9,12-14H,11H2,1-5H3;/q2*-1;. The van der Waals surface area contributed by atoms with Crippen LogP contribution < -0.4 is 4.40 Å². The van der Waals surface area contributed by atoms with Gasteiger partial charge < -0.3 is 9.40 Å². The molecule has 0 saturated heterocycles. The molecule has 257 valence electrons. The molecule has 0 unspecified atom stereocenters. The smallest absolute Gasteiger partial charge is 0.216 e. The van der Waals surface area contributed by atoms with Gasteiger partial charge in [0.25, 0.3) is 0 Å². The van der Waals surface area contributed by atoms with Crippen molar-refractivity contribution in [3.8, 4) is 33.8 Å². The maximum Gasteiger partial charge on any atom is 0.216 e. The summed E-state index contributed by atoms with van der Waals surface area (Å²) in [7, 11) is 0. The quantitative estimate of drug-likeness (QED) is 0.118. The molecular formula is C43H42FGeIrN3O-2. The fraction of sp³-hybridized carbons (Fsp3) is 0.233. The second-order valence-corrected chi connectivity index (χ2v) is 24.8. The average Bonchev–Trinajstić information content (AvgIpc) is 3.46. The number of aromatic nitrogens is 3. The monoisotopic (exact) mass is 902 g/mol. The Morgan fingerprint density at radius 1 is 0.780 bits per heavy atom. The van der Waals surface area contributed by atoms with E-state index in [9.17, 15) is 4.39 Å². The second-order valence-electron chi connectivity index (χ2n) is 14.2. The van der Waals surface area contributed by atoms with Crippen molar-refractivity contribution in [2.75, 3.05) is 0 Å². The van der Waals surface area contributed by atoms with Crippen molar-refractivity contribution in [2.24, 2.45) is 5.92 Å². The van der Waals surface area contributed by atoms with Crippen molar-refractivity contribution in [3.63, 3.8) is 0 Å². The van der Waals surface area contributed by atoms with E-state index in [1.165, 1.54) is 17.2 Å². The molecule has 4 nitrogen and oxygen atoms in total. The summed E-state index contributed by atoms with van der Waals surface area (Å²) in [4.78, 5) is 13.8. The summed E-state index contributed by atoms with van der Waals surface area (Å²) in [6.45, 7) is 8.87. The molecule has 0 atom stereocenters. The van der Waals surface area contributed by atoms with Crippen molar-refractivity contribution < 1.29 is 28.9 Å². The summed E-state index contributed by atoms with van der Waals surface area (Å²) in [5, 5.41) is 1.83. The Labute approximate surface area is 311 Å². The van der Waals surface area contributed by atoms with E-state index in [0.29, 0.717) is 34.4 Å². The molecule has 50 heavy (non-hydrogen) atoms. The normalized spacial score (nSPS) is 11.5. The van der Waals surface area contributed by atoms with E-state index in [4.69, 9.17) is 9.40 Å². The summed E-state index contributed by atoms with van der Waals surface area (Å²) in [6.07, 6.45) is 5.09. The molecule has 0 amide bonds. The van der Waals surface area contributed by atoms with Gasteiger partial charge in [0.2, 0.25) is 5.71 Å². The molecule has 0 aliphatic heterocycles. The fourth-order valence-electron chi connectivity index (χ4n) is 6.06. The minimum Gasteiger partial charge on any atom is -0.486 e. The molecule has 7 rings (SSSR count). The number of nitrogens with zero attached hydrogens (tertiary/aromatic N) is 3. The molecular weight excluding hydrogens is 858 g/mol. The van der Waals surface area contributed by atoms with E-state index >= 15 is 0 Å². The number of benzene rings is 3. The average molecular weight is 901 g/mol. The molecule has 0 fully saturated rings. The zero-order chi connectivity index (χ0) is 34.7. The third-order valence-electron chi connectivity index (χ3n) is 8.57. The molecule has 0 aliphatic carbocycles. The maximum atomic E-state index is 14.2. The summed E-state index contributed by atoms with van der Waals surface area (Å²) in [6, 6.07) is 35.2. The molecule has 7 heteroatoms. The largest absolute Gasteiger partial charge is 0.486 e. The van der Waals surface area contributed by atoms with Gasteiger partial charge in [-0.2, -0.15) is 0 Å². The summed E-state index contributed by atoms with van der Waals surface area (Å²) in [5.41, 5.74) is 8.61. The fourth-order valence-corrected chi connectivity index (χ4v) is 9.39. The van der Waals surface area contributed by atoms with E-state index < -0.39 is 13.3 Å². The van der Waals surface area contributed by atoms with Crippen LogP contribution in [0.5, 0.6) is 0 Å². The predicted octanol–water partition coefficient (Wildman–Crippen LogP) is 11.1. The van der Waals surface area contributed by atoms with E-state index in [1.54, 1.807) is 22.6 Å². The minimum atomic E-state index is -1.86. The van der Waals surface area contributed by atoms with Gasteiger partial charge >= 0.3 is 126 Å². The number of fused-ring (bicyclic) bond motifs is 3. The first-order valence-corrected chi connectivity index (χ1v) is 24.3. The number of halogens is 1. The van der Waals surface area contributed by atoms with Crippen LogP contribution in [0.25, 0.3) is 55.8 Å². The Hall–Kier alpha value is -3.97. The van der Waals surface area contributed by atoms with Crippen molar-refractivity contribution in [1.82, 2.24) is 15.0 Å². The topological polar surface area (TPSA) is 51.8 Å². The predicted molar refractivity (Wildman–Crippen MR) is 203 cm³/mol. The van der Waals surface area contributed by atoms with Gasteiger partial charge in [0.15, 0.2) is 0 Å². The van der Waals surface area contributed by atoms with Gasteiger partial charge in [-0.3, -0.25) is 0 Å². The number of hydrogen-bond donors (Lipinski definition) is 0. The number of rotatable bonds is 7. The van der Waals surface area contributed by atoms with Crippen molar-refractivity contribution in [3.05, 3.63) is 132 Å². The van der Waals surface area contributed by atoms with Gasteiger partial charge in [-0.1, -0.05) is 48.6 Å². The third-order valence-corrected chi connectivity index (χ3v) is 12.9. The third kappa shape index (κ3) is 8.31. The van der Waals surface area contributed by atoms with Crippen LogP contribution in [-0.2, 0) is 26.5 Å². The van der Waals surface area contributed by atoms with Gasteiger partial charge in [-0.15, -0.1) is 18.2 Å². The SMILES string of the molecule is CC(C)Cc1cc(-c2[c-]cccc2)nc[c]1[Ge]([CH3])([CH3])[CH3].CC(C)c1ccnc(-c2[c-]ccc3c2oc2nc(-c4ccccc4F)ccc23)c1.[Ir]. The van der Waals surface area contributed by atoms with Crippen LogP contribution in [-0.4, -0.2) is 28.2 Å². The van der Waals surface area contributed by atoms with Crippen LogP contribution in [0.15, 0.2) is 108 Å². The van der Waals surface area contributed by atoms with Crippen LogP contribution in [0.2, 0.25) is 17.3 Å². The molecule has 0 spiro atoms. The van der Waals surface area contributed by atoms with Crippen molar-refractivity contribution in [2.45, 2.75) is 57.3 Å². The van der Waals surface area contributed by atoms with E-state index in [0.717, 1.165) is 39.7 Å². The Balaban J connectivity index is 0.000000204. The summed E-state index contributed by atoms with van der Waals surface area (Å²) < 4.78 is 21.9. The zero-order valence-corrected chi connectivity index (χ0v) is 34.1. The van der Waals surface area contributed by atoms with Gasteiger partial charge in [0.05, 0.1) is 11.3 Å². The van der Waals surface area contributed by atoms with Gasteiger partial charge in [0, 0.05) is 37.3 Å². The molecule has 7 aromatic rings. The summed E-state index contributed by atoms with van der Waals surface area (Å²) in [5.74, 6) is 8.09. The molecule has 0 aliphatic rings. The van der Waals surface area contributed by atoms with Crippen LogP contribution >= 0.6 is 0 Å². The van der Waals surface area contributed by atoms with Crippen LogP contribution in [0.1, 0.15) is 44.7 Å². The molecule has 3 aromatic carbocycles. The maximum absolute atomic E-state index is 14.2. The van der Waals surface area contributed by atoms with Crippen LogP contribution in [0.3, 0.4) is 0 Å². The zero-order valence-electron chi connectivity index (χ0n) is 29.6. The Bertz CT molecular complexity index is 2220. The van der Waals surface area contributed by atoms with E-state index in [1.807, 2.05) is 54.7 Å². The Kier molecular flexibility index (Phi) is 11.9. The Morgan fingerprint density at radius 2 is 1.56 bits per heavy atom. The minimum absolute atomic E-state index is 0. The van der Waals surface area contributed by atoms with Crippen LogP contribution in [0, 0.1) is 23.9 Å². The number of pyridine rings is 3. The van der Waals surface area contributed by atoms with Gasteiger partial charge in [-0.25, -0.2) is 9.37 Å². The van der Waals surface area contributed by atoms with Gasteiger partial charge in [-0.05, 0) is 41.9 Å². The summed E-state index contributed by atoms with van der Waals surface area (Å²) >= 11 is -1.86. The first-order chi connectivity index (χ1) is 23.5. The number of furan rings is 1. The molecule has 1 radical (unpaired) electrons. The molecule has 4 aromatic heterocycles. The molecule has 0 N–H and O–H groups in total. The molecule has 0 saturated carbocycles.